The van der Waals surface area contributed by atoms with Crippen LogP contribution in [0, 0.1) is 0 Å². The summed E-state index contributed by atoms with van der Waals surface area (Å²) in [5.74, 6) is 0.475. The van der Waals surface area contributed by atoms with Gasteiger partial charge in [0.1, 0.15) is 5.82 Å². The maximum atomic E-state index is 5.49. The lowest BCUT2D eigenvalue weighted by Gasteiger charge is -1.98. The normalized spacial score (nSPS) is 10.0. The molecule has 0 aliphatic rings. The van der Waals surface area contributed by atoms with Crippen molar-refractivity contribution in [1.29, 1.82) is 0 Å². The average Bonchev–Trinajstić information content (AvgIpc) is 2.56. The molecule has 5 nitrogen and oxygen atoms in total. The molecule has 0 aliphatic heterocycles. The quantitative estimate of drug-likeness (QED) is 0.650. The molecular formula is C7H7N5. The number of hydrogen-bond donors (Lipinski definition) is 1. The average molecular weight is 161 g/mol. The van der Waals surface area contributed by atoms with E-state index >= 15 is 0 Å². The van der Waals surface area contributed by atoms with Crippen molar-refractivity contribution < 1.29 is 0 Å². The summed E-state index contributed by atoms with van der Waals surface area (Å²) in [7, 11) is 0. The summed E-state index contributed by atoms with van der Waals surface area (Å²) in [4.78, 5) is 3.87. The second-order valence-electron chi connectivity index (χ2n) is 2.29. The highest BCUT2D eigenvalue weighted by atomic mass is 15.4. The minimum atomic E-state index is 0.475. The number of anilines is 1. The summed E-state index contributed by atoms with van der Waals surface area (Å²) in [5.41, 5.74) is 6.35. The van der Waals surface area contributed by atoms with Crippen molar-refractivity contribution in [3.63, 3.8) is 0 Å². The van der Waals surface area contributed by atoms with E-state index in [2.05, 4.69) is 15.3 Å². The van der Waals surface area contributed by atoms with Crippen LogP contribution in [-0.2, 0) is 0 Å². The predicted octanol–water partition coefficient (Wildman–Crippen LogP) is 0.244. The number of pyridine rings is 1. The van der Waals surface area contributed by atoms with Gasteiger partial charge in [0.25, 0.3) is 0 Å². The van der Waals surface area contributed by atoms with Gasteiger partial charge >= 0.3 is 0 Å². The largest absolute Gasteiger partial charge is 0.384 e. The molecule has 0 fully saturated rings. The van der Waals surface area contributed by atoms with Gasteiger partial charge in [-0.05, 0) is 6.07 Å². The first-order valence-electron chi connectivity index (χ1n) is 3.44. The zero-order chi connectivity index (χ0) is 8.39. The number of nitrogens with two attached hydrogens (primary N) is 1. The van der Waals surface area contributed by atoms with Crippen LogP contribution in [0.15, 0.2) is 30.7 Å². The minimum absolute atomic E-state index is 0.475. The Labute approximate surface area is 68.8 Å². The fourth-order valence-corrected chi connectivity index (χ4v) is 0.925. The fourth-order valence-electron chi connectivity index (χ4n) is 0.925. The molecule has 2 aromatic heterocycles. The van der Waals surface area contributed by atoms with E-state index in [1.165, 1.54) is 0 Å². The molecule has 0 unspecified atom stereocenters. The van der Waals surface area contributed by atoms with Crippen molar-refractivity contribution in [2.24, 2.45) is 0 Å². The molecule has 0 bridgehead atoms. The number of hydrogen-bond acceptors (Lipinski definition) is 4. The smallest absolute Gasteiger partial charge is 0.125 e. The highest BCUT2D eigenvalue weighted by molar-refractivity contribution is 5.40. The van der Waals surface area contributed by atoms with E-state index in [-0.39, 0.29) is 0 Å². The van der Waals surface area contributed by atoms with E-state index < -0.39 is 0 Å². The first-order chi connectivity index (χ1) is 5.86. The Balaban J connectivity index is 2.48. The molecular weight excluding hydrogens is 154 g/mol. The fraction of sp³-hybridized carbons (Fsp3) is 0. The van der Waals surface area contributed by atoms with Crippen molar-refractivity contribution in [3.8, 4) is 5.69 Å². The first-order valence-corrected chi connectivity index (χ1v) is 3.44. The molecule has 0 aromatic carbocycles. The highest BCUT2D eigenvalue weighted by Gasteiger charge is 1.95. The lowest BCUT2D eigenvalue weighted by Crippen LogP contribution is -1.97. The van der Waals surface area contributed by atoms with Gasteiger partial charge in [-0.1, -0.05) is 5.21 Å². The summed E-state index contributed by atoms with van der Waals surface area (Å²) in [6.07, 6.45) is 4.98. The van der Waals surface area contributed by atoms with Crippen LogP contribution in [-0.4, -0.2) is 20.0 Å². The maximum Gasteiger partial charge on any atom is 0.125 e. The zero-order valence-electron chi connectivity index (χ0n) is 6.25. The predicted molar refractivity (Wildman–Crippen MR) is 43.6 cm³/mol. The molecule has 0 aliphatic carbocycles. The van der Waals surface area contributed by atoms with E-state index in [4.69, 9.17) is 5.73 Å². The van der Waals surface area contributed by atoms with Crippen LogP contribution < -0.4 is 5.73 Å². The second kappa shape index (κ2) is 2.61. The lowest BCUT2D eigenvalue weighted by molar-refractivity contribution is 0.802. The highest BCUT2D eigenvalue weighted by Crippen LogP contribution is 2.06. The maximum absolute atomic E-state index is 5.49. The van der Waals surface area contributed by atoms with Gasteiger partial charge in [0.15, 0.2) is 0 Å². The van der Waals surface area contributed by atoms with Crippen LogP contribution in [0.4, 0.5) is 5.82 Å². The van der Waals surface area contributed by atoms with Crippen LogP contribution in [0.5, 0.6) is 0 Å². The van der Waals surface area contributed by atoms with Crippen LogP contribution in [0.1, 0.15) is 0 Å². The molecule has 0 spiro atoms. The van der Waals surface area contributed by atoms with E-state index in [1.54, 1.807) is 29.3 Å². The molecule has 2 rings (SSSR count). The molecule has 0 saturated heterocycles. The molecule has 0 radical (unpaired) electrons. The Bertz CT molecular complexity index is 367. The molecule has 2 N–H and O–H groups in total. The van der Waals surface area contributed by atoms with E-state index in [9.17, 15) is 0 Å². The second-order valence-corrected chi connectivity index (χ2v) is 2.29. The van der Waals surface area contributed by atoms with Crippen molar-refractivity contribution in [2.45, 2.75) is 0 Å². The van der Waals surface area contributed by atoms with Crippen molar-refractivity contribution in [1.82, 2.24) is 20.0 Å². The molecule has 2 heterocycles. The van der Waals surface area contributed by atoms with Gasteiger partial charge < -0.3 is 5.73 Å². The number of aromatic nitrogens is 4. The summed E-state index contributed by atoms with van der Waals surface area (Å²) in [6.45, 7) is 0. The number of nitrogens with zero attached hydrogens (tertiary/aromatic N) is 4. The Hall–Kier alpha value is -1.91. The van der Waals surface area contributed by atoms with E-state index in [0.717, 1.165) is 5.69 Å². The zero-order valence-corrected chi connectivity index (χ0v) is 6.25. The van der Waals surface area contributed by atoms with Gasteiger partial charge in [-0.15, -0.1) is 5.10 Å². The van der Waals surface area contributed by atoms with Crippen LogP contribution in [0.2, 0.25) is 0 Å². The van der Waals surface area contributed by atoms with E-state index in [0.29, 0.717) is 5.82 Å². The summed E-state index contributed by atoms with van der Waals surface area (Å²) in [6, 6.07) is 3.54. The standard InChI is InChI=1S/C7H7N5/c8-7-5-6(1-2-9-7)12-4-3-10-11-12/h1-5H,(H2,8,9). The minimum Gasteiger partial charge on any atom is -0.384 e. The summed E-state index contributed by atoms with van der Waals surface area (Å²) < 4.78 is 1.62. The van der Waals surface area contributed by atoms with Gasteiger partial charge in [-0.25, -0.2) is 9.67 Å². The summed E-state index contributed by atoms with van der Waals surface area (Å²) >= 11 is 0. The van der Waals surface area contributed by atoms with Gasteiger partial charge in [-0.3, -0.25) is 0 Å². The Morgan fingerprint density at radius 3 is 2.92 bits per heavy atom. The molecule has 5 heteroatoms. The molecule has 0 saturated carbocycles. The summed E-state index contributed by atoms with van der Waals surface area (Å²) in [5, 5.41) is 7.49. The number of rotatable bonds is 1. The van der Waals surface area contributed by atoms with Gasteiger partial charge in [0.2, 0.25) is 0 Å². The first kappa shape index (κ1) is 6.78. The molecule has 60 valence electrons. The van der Waals surface area contributed by atoms with Gasteiger partial charge in [-0.2, -0.15) is 0 Å². The van der Waals surface area contributed by atoms with Crippen molar-refractivity contribution in [3.05, 3.63) is 30.7 Å². The topological polar surface area (TPSA) is 69.6 Å². The SMILES string of the molecule is Nc1cc(-n2ccnn2)ccn1. The van der Waals surface area contributed by atoms with Crippen molar-refractivity contribution in [2.75, 3.05) is 5.73 Å². The third kappa shape index (κ3) is 1.12. The Kier molecular flexibility index (Phi) is 1.48. The van der Waals surface area contributed by atoms with Crippen LogP contribution in [0.25, 0.3) is 5.69 Å². The Morgan fingerprint density at radius 2 is 2.25 bits per heavy atom. The monoisotopic (exact) mass is 161 g/mol. The third-order valence-electron chi connectivity index (χ3n) is 1.45. The van der Waals surface area contributed by atoms with Gasteiger partial charge in [0.05, 0.1) is 18.1 Å². The Morgan fingerprint density at radius 1 is 1.33 bits per heavy atom. The number of nitrogen functional groups attached to an aromatic ring is 1. The molecule has 2 aromatic rings. The molecule has 0 atom stereocenters. The third-order valence-corrected chi connectivity index (χ3v) is 1.45. The van der Waals surface area contributed by atoms with Gasteiger partial charge in [0, 0.05) is 12.3 Å². The van der Waals surface area contributed by atoms with Crippen molar-refractivity contribution >= 4 is 5.82 Å². The molecule has 0 amide bonds. The van der Waals surface area contributed by atoms with Crippen LogP contribution >= 0.6 is 0 Å². The van der Waals surface area contributed by atoms with Crippen LogP contribution in [0.3, 0.4) is 0 Å². The lowest BCUT2D eigenvalue weighted by atomic mass is 10.4. The van der Waals surface area contributed by atoms with E-state index in [1.807, 2.05) is 6.07 Å². The molecule has 12 heavy (non-hydrogen) atoms.